The van der Waals surface area contributed by atoms with Gasteiger partial charge in [0.25, 0.3) is 0 Å². The molecule has 0 aliphatic heterocycles. The summed E-state index contributed by atoms with van der Waals surface area (Å²) >= 11 is 69.6. The highest BCUT2D eigenvalue weighted by Crippen LogP contribution is 2.42. The van der Waals surface area contributed by atoms with Gasteiger partial charge in [-0.25, -0.2) is 29.9 Å². The smallest absolute Gasteiger partial charge is 0.209 e. The van der Waals surface area contributed by atoms with Crippen molar-refractivity contribution in [3.63, 3.8) is 0 Å². The monoisotopic (exact) mass is 792 g/mol. The minimum atomic E-state index is -1.85. The van der Waals surface area contributed by atoms with Gasteiger partial charge in [-0.15, -0.1) is 0 Å². The zero-order valence-electron chi connectivity index (χ0n) is 19.9. The molecule has 2 heterocycles. The number of benzene rings is 2. The molecule has 4 aromatic rings. The zero-order valence-corrected chi connectivity index (χ0v) is 29.0. The lowest BCUT2D eigenvalue weighted by molar-refractivity contribution is 0.851. The average molecular weight is 798 g/mol. The molecule has 0 atom stereocenters. The van der Waals surface area contributed by atoms with Gasteiger partial charge in [0.1, 0.15) is 0 Å². The second kappa shape index (κ2) is 13.9. The molecule has 0 saturated carbocycles. The zero-order chi connectivity index (χ0) is 30.8. The van der Waals surface area contributed by atoms with Gasteiger partial charge in [0, 0.05) is 11.1 Å². The van der Waals surface area contributed by atoms with E-state index < -0.39 is 15.2 Å². The van der Waals surface area contributed by atoms with Crippen LogP contribution < -0.4 is 0 Å². The second-order valence-electron chi connectivity index (χ2n) is 7.84. The predicted molar refractivity (Wildman–Crippen MR) is 172 cm³/mol. The van der Waals surface area contributed by atoms with Gasteiger partial charge < -0.3 is 0 Å². The maximum absolute atomic E-state index is 5.81. The van der Waals surface area contributed by atoms with Gasteiger partial charge in [-0.2, -0.15) is 0 Å². The molecular formula is C23H12Cl12N6. The van der Waals surface area contributed by atoms with Crippen LogP contribution in [0.4, 0.5) is 0 Å². The summed E-state index contributed by atoms with van der Waals surface area (Å²) in [5.74, 6) is 0.0602. The van der Waals surface area contributed by atoms with E-state index in [1.165, 1.54) is 0 Å². The number of aromatic nitrogens is 6. The summed E-state index contributed by atoms with van der Waals surface area (Å²) in [6.07, 6.45) is 0. The van der Waals surface area contributed by atoms with E-state index in [2.05, 4.69) is 29.9 Å². The van der Waals surface area contributed by atoms with Gasteiger partial charge in [-0.05, 0) is 6.92 Å². The van der Waals surface area contributed by atoms with Crippen LogP contribution in [0.1, 0.15) is 28.9 Å². The highest BCUT2D eigenvalue weighted by atomic mass is 35.6. The molecule has 0 amide bonds. The highest BCUT2D eigenvalue weighted by molar-refractivity contribution is 6.68. The summed E-state index contributed by atoms with van der Waals surface area (Å²) in [7, 11) is 0. The summed E-state index contributed by atoms with van der Waals surface area (Å²) in [5, 5.41) is 0. The molecule has 218 valence electrons. The molecule has 0 bridgehead atoms. The predicted octanol–water partition coefficient (Wildman–Crippen LogP) is 10.7. The first-order valence-electron chi connectivity index (χ1n) is 10.7. The highest BCUT2D eigenvalue weighted by Gasteiger charge is 2.35. The molecular weight excluding hydrogens is 786 g/mol. The van der Waals surface area contributed by atoms with E-state index in [-0.39, 0.29) is 34.9 Å². The normalized spacial score (nSPS) is 12.5. The van der Waals surface area contributed by atoms with Crippen LogP contribution in [0.5, 0.6) is 0 Å². The summed E-state index contributed by atoms with van der Waals surface area (Å²) < 4.78 is -7.41. The number of hydrogen-bond acceptors (Lipinski definition) is 6. The summed E-state index contributed by atoms with van der Waals surface area (Å²) in [4.78, 5) is 24.2. The Morgan fingerprint density at radius 3 is 0.976 bits per heavy atom. The Kier molecular flexibility index (Phi) is 12.0. The van der Waals surface area contributed by atoms with Crippen LogP contribution in [0.15, 0.2) is 54.6 Å². The topological polar surface area (TPSA) is 77.3 Å². The van der Waals surface area contributed by atoms with Gasteiger partial charge >= 0.3 is 0 Å². The molecule has 0 radical (unpaired) electrons. The van der Waals surface area contributed by atoms with Crippen molar-refractivity contribution >= 4 is 139 Å². The first-order chi connectivity index (χ1) is 18.7. The fourth-order valence-electron chi connectivity index (χ4n) is 2.81. The fraction of sp³-hybridized carbons (Fsp3) is 0.217. The van der Waals surface area contributed by atoms with E-state index in [0.717, 1.165) is 5.56 Å². The number of halogens is 12. The number of rotatable bonds is 2. The molecule has 2 aromatic heterocycles. The molecule has 0 saturated heterocycles. The standard InChI is InChI=1S/C12H7Cl6N3.C11H5Cl6N3/c1-6-2-4-7(5-3-6)8-19-9(11(13,14)15)21-10(20-8)12(16,17)18;12-10(13,14)8-18-7(6-4-2-1-3-5-6)19-9(20-8)11(15,16)17/h2-5H,1H3;1-5H. The molecule has 0 N–H and O–H groups in total. The molecule has 2 aromatic carbocycles. The summed E-state index contributed by atoms with van der Waals surface area (Å²) in [5.41, 5.74) is 2.45. The van der Waals surface area contributed by atoms with Gasteiger partial charge in [-0.3, -0.25) is 0 Å². The van der Waals surface area contributed by atoms with Crippen molar-refractivity contribution in [2.75, 3.05) is 0 Å². The van der Waals surface area contributed by atoms with Gasteiger partial charge in [0.05, 0.1) is 0 Å². The van der Waals surface area contributed by atoms with Crippen LogP contribution in [-0.4, -0.2) is 29.9 Å². The van der Waals surface area contributed by atoms with E-state index in [0.29, 0.717) is 11.1 Å². The van der Waals surface area contributed by atoms with Crippen molar-refractivity contribution in [2.45, 2.75) is 22.1 Å². The first kappa shape index (κ1) is 35.4. The molecule has 0 spiro atoms. The number of hydrogen-bond donors (Lipinski definition) is 0. The van der Waals surface area contributed by atoms with Crippen molar-refractivity contribution in [1.82, 2.24) is 29.9 Å². The third kappa shape index (κ3) is 10.5. The van der Waals surface area contributed by atoms with Crippen LogP contribution in [0, 0.1) is 6.92 Å². The molecule has 41 heavy (non-hydrogen) atoms. The molecule has 6 nitrogen and oxygen atoms in total. The van der Waals surface area contributed by atoms with E-state index in [1.54, 1.807) is 12.1 Å². The van der Waals surface area contributed by atoms with Crippen LogP contribution in [0.2, 0.25) is 0 Å². The van der Waals surface area contributed by atoms with E-state index in [9.17, 15) is 0 Å². The Bertz CT molecular complexity index is 1410. The quantitative estimate of drug-likeness (QED) is 0.188. The number of alkyl halides is 12. The molecule has 18 heteroatoms. The van der Waals surface area contributed by atoms with Gasteiger partial charge in [0.2, 0.25) is 15.2 Å². The van der Waals surface area contributed by atoms with Crippen LogP contribution in [0.3, 0.4) is 0 Å². The maximum atomic E-state index is 5.81. The van der Waals surface area contributed by atoms with Crippen molar-refractivity contribution in [3.8, 4) is 22.8 Å². The third-order valence-electron chi connectivity index (χ3n) is 4.63. The minimum absolute atomic E-state index is 0.112. The van der Waals surface area contributed by atoms with Crippen LogP contribution in [0.25, 0.3) is 22.8 Å². The van der Waals surface area contributed by atoms with Gasteiger partial charge in [-0.1, -0.05) is 199 Å². The van der Waals surface area contributed by atoms with E-state index in [4.69, 9.17) is 139 Å². The Hall–Kier alpha value is -0.0600. The van der Waals surface area contributed by atoms with E-state index in [1.807, 2.05) is 49.4 Å². The number of aryl methyl sites for hydroxylation is 1. The maximum Gasteiger partial charge on any atom is 0.250 e. The Morgan fingerprint density at radius 1 is 0.390 bits per heavy atom. The van der Waals surface area contributed by atoms with Crippen molar-refractivity contribution in [3.05, 3.63) is 83.5 Å². The first-order valence-corrected chi connectivity index (χ1v) is 15.2. The Morgan fingerprint density at radius 2 is 0.683 bits per heavy atom. The lowest BCUT2D eigenvalue weighted by Crippen LogP contribution is -2.16. The van der Waals surface area contributed by atoms with Crippen LogP contribution >= 0.6 is 139 Å². The molecule has 4 rings (SSSR count). The lowest BCUT2D eigenvalue weighted by Gasteiger charge is -2.15. The Labute approximate surface area is 294 Å². The molecule has 0 aliphatic carbocycles. The molecule has 0 unspecified atom stereocenters. The van der Waals surface area contributed by atoms with Crippen molar-refractivity contribution in [1.29, 1.82) is 0 Å². The SMILES string of the molecule is Cc1ccc(-c2nc(C(Cl)(Cl)Cl)nc(C(Cl)(Cl)Cl)n2)cc1.ClC(Cl)(Cl)c1nc(-c2ccccc2)nc(C(Cl)(Cl)Cl)n1. The van der Waals surface area contributed by atoms with Crippen LogP contribution in [-0.2, 0) is 15.2 Å². The average Bonchev–Trinajstić information content (AvgIpc) is 2.87. The fourth-order valence-corrected chi connectivity index (χ4v) is 3.82. The van der Waals surface area contributed by atoms with Crippen molar-refractivity contribution in [2.24, 2.45) is 0 Å². The number of nitrogens with zero attached hydrogens (tertiary/aromatic N) is 6. The minimum Gasteiger partial charge on any atom is -0.209 e. The van der Waals surface area contributed by atoms with Crippen molar-refractivity contribution < 1.29 is 0 Å². The largest absolute Gasteiger partial charge is 0.250 e. The third-order valence-corrected chi connectivity index (χ3v) is 6.66. The Balaban J connectivity index is 0.000000226. The van der Waals surface area contributed by atoms with Gasteiger partial charge in [0.15, 0.2) is 34.9 Å². The lowest BCUT2D eigenvalue weighted by atomic mass is 10.1. The summed E-state index contributed by atoms with van der Waals surface area (Å²) in [6.45, 7) is 1.96. The van der Waals surface area contributed by atoms with E-state index >= 15 is 0 Å². The molecule has 0 aliphatic rings. The summed E-state index contributed by atoms with van der Waals surface area (Å²) in [6, 6.07) is 16.4. The second-order valence-corrected chi connectivity index (χ2v) is 17.0. The molecule has 0 fully saturated rings.